The third-order valence-electron chi connectivity index (χ3n) is 7.24. The molecule has 0 radical (unpaired) electrons. The summed E-state index contributed by atoms with van der Waals surface area (Å²) >= 11 is 0. The van der Waals surface area contributed by atoms with E-state index in [1.165, 1.54) is 116 Å². The minimum Gasteiger partial charge on any atom is -0.481 e. The van der Waals surface area contributed by atoms with Crippen molar-refractivity contribution in [1.29, 1.82) is 0 Å². The Labute approximate surface area is 230 Å². The van der Waals surface area contributed by atoms with Crippen molar-refractivity contribution >= 4 is 11.9 Å². The maximum Gasteiger partial charge on any atom is 0.306 e. The average Bonchev–Trinajstić information content (AvgIpc) is 2.87. The maximum atomic E-state index is 12.4. The number of unbranched alkanes of at least 4 members (excludes halogenated alkanes) is 18. The van der Waals surface area contributed by atoms with Gasteiger partial charge < -0.3 is 9.84 Å². The Morgan fingerprint density at radius 2 is 1.00 bits per heavy atom. The van der Waals surface area contributed by atoms with Crippen molar-refractivity contribution in [2.75, 3.05) is 0 Å². The molecule has 218 valence electrons. The highest BCUT2D eigenvalue weighted by Crippen LogP contribution is 2.18. The van der Waals surface area contributed by atoms with E-state index in [2.05, 4.69) is 26.0 Å². The molecule has 1 N–H and O–H groups in total. The molecule has 0 aromatic carbocycles. The summed E-state index contributed by atoms with van der Waals surface area (Å²) in [5, 5.41) is 8.95. The largest absolute Gasteiger partial charge is 0.481 e. The van der Waals surface area contributed by atoms with E-state index in [1.807, 2.05) is 0 Å². The Hall–Kier alpha value is -1.32. The highest BCUT2D eigenvalue weighted by Gasteiger charge is 2.15. The SMILES string of the molecule is CCCCCC/C=C\CCCCCCCC(=O)OC(CCCCCCCCCCCC)CCCC(=O)O. The van der Waals surface area contributed by atoms with Gasteiger partial charge in [-0.2, -0.15) is 0 Å². The van der Waals surface area contributed by atoms with Crippen LogP contribution in [-0.2, 0) is 14.3 Å². The van der Waals surface area contributed by atoms with Crippen LogP contribution in [0.5, 0.6) is 0 Å². The summed E-state index contributed by atoms with van der Waals surface area (Å²) in [7, 11) is 0. The fraction of sp³-hybridized carbons (Fsp3) is 0.879. The molecule has 0 aliphatic heterocycles. The second-order valence-electron chi connectivity index (χ2n) is 11.0. The molecule has 37 heavy (non-hydrogen) atoms. The Morgan fingerprint density at radius 3 is 1.54 bits per heavy atom. The van der Waals surface area contributed by atoms with Gasteiger partial charge in [-0.1, -0.05) is 122 Å². The van der Waals surface area contributed by atoms with Gasteiger partial charge in [-0.05, 0) is 57.8 Å². The number of esters is 1. The number of carbonyl (C=O) groups excluding carboxylic acids is 1. The summed E-state index contributed by atoms with van der Waals surface area (Å²) < 4.78 is 5.78. The molecule has 0 spiro atoms. The lowest BCUT2D eigenvalue weighted by molar-refractivity contribution is -0.150. The van der Waals surface area contributed by atoms with Gasteiger partial charge in [0.2, 0.25) is 0 Å². The van der Waals surface area contributed by atoms with Crippen LogP contribution in [0.1, 0.15) is 181 Å². The van der Waals surface area contributed by atoms with E-state index < -0.39 is 5.97 Å². The molecular formula is C33H62O4. The maximum absolute atomic E-state index is 12.4. The molecular weight excluding hydrogens is 460 g/mol. The number of hydrogen-bond acceptors (Lipinski definition) is 3. The topological polar surface area (TPSA) is 63.6 Å². The van der Waals surface area contributed by atoms with Crippen molar-refractivity contribution in [3.63, 3.8) is 0 Å². The smallest absolute Gasteiger partial charge is 0.306 e. The van der Waals surface area contributed by atoms with Gasteiger partial charge in [0.05, 0.1) is 0 Å². The van der Waals surface area contributed by atoms with Gasteiger partial charge >= 0.3 is 11.9 Å². The van der Waals surface area contributed by atoms with Crippen LogP contribution in [0.15, 0.2) is 12.2 Å². The van der Waals surface area contributed by atoms with Crippen LogP contribution in [0.3, 0.4) is 0 Å². The van der Waals surface area contributed by atoms with Crippen LogP contribution in [0.4, 0.5) is 0 Å². The molecule has 0 aromatic rings. The number of carbonyl (C=O) groups is 2. The average molecular weight is 523 g/mol. The van der Waals surface area contributed by atoms with Gasteiger partial charge in [0.15, 0.2) is 0 Å². The van der Waals surface area contributed by atoms with E-state index in [9.17, 15) is 9.59 Å². The molecule has 0 saturated heterocycles. The summed E-state index contributed by atoms with van der Waals surface area (Å²) in [5.74, 6) is -0.870. The first-order valence-corrected chi connectivity index (χ1v) is 16.2. The lowest BCUT2D eigenvalue weighted by Crippen LogP contribution is -2.18. The molecule has 0 heterocycles. The molecule has 0 fully saturated rings. The molecule has 0 amide bonds. The summed E-state index contributed by atoms with van der Waals surface area (Å²) in [6, 6.07) is 0. The van der Waals surface area contributed by atoms with E-state index >= 15 is 0 Å². The van der Waals surface area contributed by atoms with Crippen LogP contribution in [0.25, 0.3) is 0 Å². The Morgan fingerprint density at radius 1 is 0.568 bits per heavy atom. The lowest BCUT2D eigenvalue weighted by Gasteiger charge is -2.18. The monoisotopic (exact) mass is 522 g/mol. The zero-order valence-electron chi connectivity index (χ0n) is 24.8. The summed E-state index contributed by atoms with van der Waals surface area (Å²) in [4.78, 5) is 23.3. The summed E-state index contributed by atoms with van der Waals surface area (Å²) in [6.45, 7) is 4.50. The van der Waals surface area contributed by atoms with E-state index in [0.29, 0.717) is 19.3 Å². The van der Waals surface area contributed by atoms with Crippen molar-refractivity contribution < 1.29 is 19.4 Å². The Bertz CT molecular complexity index is 528. The number of rotatable bonds is 29. The predicted molar refractivity (Wildman–Crippen MR) is 158 cm³/mol. The van der Waals surface area contributed by atoms with Crippen LogP contribution < -0.4 is 0 Å². The second-order valence-corrected chi connectivity index (χ2v) is 11.0. The number of hydrogen-bond donors (Lipinski definition) is 1. The third-order valence-corrected chi connectivity index (χ3v) is 7.24. The van der Waals surface area contributed by atoms with Crippen LogP contribution in [0.2, 0.25) is 0 Å². The zero-order valence-corrected chi connectivity index (χ0v) is 24.8. The van der Waals surface area contributed by atoms with Crippen molar-refractivity contribution in [1.82, 2.24) is 0 Å². The molecule has 0 rings (SSSR count). The van der Waals surface area contributed by atoms with E-state index in [1.54, 1.807) is 0 Å². The van der Waals surface area contributed by atoms with E-state index in [4.69, 9.17) is 9.84 Å². The summed E-state index contributed by atoms with van der Waals surface area (Å²) in [5.41, 5.74) is 0. The number of carboxylic acid groups (broad SMARTS) is 1. The number of aliphatic carboxylic acids is 1. The molecule has 0 aliphatic rings. The molecule has 1 atom stereocenters. The van der Waals surface area contributed by atoms with Crippen LogP contribution in [-0.4, -0.2) is 23.1 Å². The Kier molecular flexibility index (Phi) is 28.2. The van der Waals surface area contributed by atoms with Crippen molar-refractivity contribution in [2.24, 2.45) is 0 Å². The summed E-state index contributed by atoms with van der Waals surface area (Å²) in [6.07, 6.45) is 33.5. The molecule has 0 bridgehead atoms. The first-order valence-electron chi connectivity index (χ1n) is 16.2. The number of ether oxygens (including phenoxy) is 1. The Balaban J connectivity index is 3.87. The van der Waals surface area contributed by atoms with E-state index in [0.717, 1.165) is 25.7 Å². The fourth-order valence-electron chi connectivity index (χ4n) is 4.83. The molecule has 4 heteroatoms. The van der Waals surface area contributed by atoms with Crippen molar-refractivity contribution in [2.45, 2.75) is 187 Å². The lowest BCUT2D eigenvalue weighted by atomic mass is 10.0. The van der Waals surface area contributed by atoms with Gasteiger partial charge in [-0.3, -0.25) is 9.59 Å². The molecule has 0 saturated carbocycles. The fourth-order valence-corrected chi connectivity index (χ4v) is 4.83. The number of allylic oxidation sites excluding steroid dienone is 2. The second kappa shape index (κ2) is 29.2. The predicted octanol–water partition coefficient (Wildman–Crippen LogP) is 10.7. The minimum absolute atomic E-state index is 0.0987. The first kappa shape index (κ1) is 35.7. The quantitative estimate of drug-likeness (QED) is 0.0602. The van der Waals surface area contributed by atoms with Crippen LogP contribution >= 0.6 is 0 Å². The highest BCUT2D eigenvalue weighted by molar-refractivity contribution is 5.69. The van der Waals surface area contributed by atoms with Crippen LogP contribution in [0, 0.1) is 0 Å². The zero-order chi connectivity index (χ0) is 27.2. The molecule has 0 aromatic heterocycles. The number of carboxylic acids is 1. The minimum atomic E-state index is -0.772. The molecule has 0 aliphatic carbocycles. The van der Waals surface area contributed by atoms with E-state index in [-0.39, 0.29) is 18.5 Å². The third kappa shape index (κ3) is 29.1. The molecule has 1 unspecified atom stereocenters. The molecule has 4 nitrogen and oxygen atoms in total. The van der Waals surface area contributed by atoms with Gasteiger partial charge in [-0.15, -0.1) is 0 Å². The highest BCUT2D eigenvalue weighted by atomic mass is 16.5. The van der Waals surface area contributed by atoms with Crippen molar-refractivity contribution in [3.05, 3.63) is 12.2 Å². The van der Waals surface area contributed by atoms with Gasteiger partial charge in [-0.25, -0.2) is 0 Å². The normalized spacial score (nSPS) is 12.3. The van der Waals surface area contributed by atoms with Gasteiger partial charge in [0.25, 0.3) is 0 Å². The standard InChI is InChI=1S/C33H62O4/c1-3-5-7-9-11-13-15-16-17-19-21-23-25-30-33(36)37-31(28-26-29-32(34)35)27-24-22-20-18-14-12-10-8-6-4-2/h13,15,31H,3-12,14,16-30H2,1-2H3,(H,34,35)/b15-13-. The van der Waals surface area contributed by atoms with Gasteiger partial charge in [0.1, 0.15) is 6.10 Å². The first-order chi connectivity index (χ1) is 18.1. The van der Waals surface area contributed by atoms with Crippen molar-refractivity contribution in [3.8, 4) is 0 Å². The van der Waals surface area contributed by atoms with Gasteiger partial charge in [0, 0.05) is 12.8 Å².